The van der Waals surface area contributed by atoms with Crippen molar-refractivity contribution in [3.63, 3.8) is 0 Å². The van der Waals surface area contributed by atoms with E-state index in [1.165, 1.54) is 25.1 Å². The number of esters is 1. The third-order valence-corrected chi connectivity index (χ3v) is 2.85. The number of halogens is 1. The second kappa shape index (κ2) is 7.24. The Morgan fingerprint density at radius 1 is 1.09 bits per heavy atom. The normalized spacial score (nSPS) is 10.6. The highest BCUT2D eigenvalue weighted by atomic mass is 19.1. The van der Waals surface area contributed by atoms with Crippen LogP contribution in [0.15, 0.2) is 54.6 Å². The number of aryl methyl sites for hydroxylation is 1. The molecule has 0 radical (unpaired) electrons. The van der Waals surface area contributed by atoms with Crippen LogP contribution in [0.25, 0.3) is 5.76 Å². The maximum atomic E-state index is 12.8. The topological polar surface area (TPSA) is 26.3 Å². The van der Waals surface area contributed by atoms with E-state index >= 15 is 0 Å². The Hall–Kier alpha value is -2.86. The predicted octanol–water partition coefficient (Wildman–Crippen LogP) is 4.09. The Labute approximate surface area is 129 Å². The Balaban J connectivity index is 2.27. The van der Waals surface area contributed by atoms with E-state index in [1.807, 2.05) is 31.2 Å². The number of rotatable bonds is 2. The zero-order valence-corrected chi connectivity index (χ0v) is 12.4. The predicted molar refractivity (Wildman–Crippen MR) is 84.2 cm³/mol. The molecule has 0 unspecified atom stereocenters. The van der Waals surface area contributed by atoms with Gasteiger partial charge in [0.25, 0.3) is 0 Å². The van der Waals surface area contributed by atoms with E-state index in [-0.39, 0.29) is 5.82 Å². The van der Waals surface area contributed by atoms with Crippen LogP contribution in [-0.4, -0.2) is 5.97 Å². The molecule has 0 fully saturated rings. The van der Waals surface area contributed by atoms with Gasteiger partial charge in [0.2, 0.25) is 0 Å². The van der Waals surface area contributed by atoms with Crippen LogP contribution in [0.5, 0.6) is 0 Å². The minimum atomic E-state index is -0.407. The molecule has 0 saturated heterocycles. The van der Waals surface area contributed by atoms with Gasteiger partial charge >= 0.3 is 5.97 Å². The van der Waals surface area contributed by atoms with E-state index in [2.05, 4.69) is 11.8 Å². The van der Waals surface area contributed by atoms with Crippen LogP contribution >= 0.6 is 0 Å². The van der Waals surface area contributed by atoms with E-state index in [1.54, 1.807) is 12.1 Å². The number of carbonyl (C=O) groups excluding carboxylic acids is 1. The van der Waals surface area contributed by atoms with Crippen molar-refractivity contribution in [3.8, 4) is 11.8 Å². The summed E-state index contributed by atoms with van der Waals surface area (Å²) in [7, 11) is 0. The van der Waals surface area contributed by atoms with E-state index in [4.69, 9.17) is 4.74 Å². The van der Waals surface area contributed by atoms with E-state index in [0.29, 0.717) is 11.3 Å². The van der Waals surface area contributed by atoms with Crippen molar-refractivity contribution >= 4 is 11.7 Å². The van der Waals surface area contributed by atoms with E-state index in [0.717, 1.165) is 11.1 Å². The first-order valence-electron chi connectivity index (χ1n) is 6.77. The van der Waals surface area contributed by atoms with Gasteiger partial charge in [0.1, 0.15) is 11.6 Å². The standard InChI is InChI=1S/C19H15FO2/c1-14-6-10-17(11-7-14)19(22-15(2)21)5-3-4-16-8-12-18(20)13-9-16/h5-13H,1-2H3/b19-5-. The minimum absolute atomic E-state index is 0.304. The Kier molecular flexibility index (Phi) is 5.11. The van der Waals surface area contributed by atoms with Crippen molar-refractivity contribution in [2.75, 3.05) is 0 Å². The Morgan fingerprint density at radius 2 is 1.73 bits per heavy atom. The van der Waals surface area contributed by atoms with Gasteiger partial charge in [-0.1, -0.05) is 41.7 Å². The van der Waals surface area contributed by atoms with Gasteiger partial charge in [-0.25, -0.2) is 4.39 Å². The second-order valence-electron chi connectivity index (χ2n) is 4.74. The lowest BCUT2D eigenvalue weighted by molar-refractivity contribution is -0.134. The number of hydrogen-bond acceptors (Lipinski definition) is 2. The molecule has 22 heavy (non-hydrogen) atoms. The van der Waals surface area contributed by atoms with Crippen molar-refractivity contribution < 1.29 is 13.9 Å². The van der Waals surface area contributed by atoms with Crippen LogP contribution < -0.4 is 0 Å². The maximum absolute atomic E-state index is 12.8. The Bertz CT molecular complexity index is 745. The molecule has 3 heteroatoms. The van der Waals surface area contributed by atoms with Gasteiger partial charge in [0.05, 0.1) is 0 Å². The smallest absolute Gasteiger partial charge is 0.308 e. The highest BCUT2D eigenvalue weighted by Gasteiger charge is 2.04. The minimum Gasteiger partial charge on any atom is -0.425 e. The first-order chi connectivity index (χ1) is 10.5. The first-order valence-corrected chi connectivity index (χ1v) is 6.77. The molecule has 2 aromatic carbocycles. The fourth-order valence-electron chi connectivity index (χ4n) is 1.76. The number of ether oxygens (including phenoxy) is 1. The van der Waals surface area contributed by atoms with E-state index < -0.39 is 5.97 Å². The van der Waals surface area contributed by atoms with Gasteiger partial charge in [-0.3, -0.25) is 4.79 Å². The molecule has 0 bridgehead atoms. The summed E-state index contributed by atoms with van der Waals surface area (Å²) < 4.78 is 18.0. The molecular formula is C19H15FO2. The van der Waals surface area contributed by atoms with Gasteiger partial charge < -0.3 is 4.74 Å². The number of benzene rings is 2. The van der Waals surface area contributed by atoms with E-state index in [9.17, 15) is 9.18 Å². The number of hydrogen-bond donors (Lipinski definition) is 0. The van der Waals surface area contributed by atoms with Gasteiger partial charge in [-0.15, -0.1) is 0 Å². The molecule has 0 aliphatic carbocycles. The summed E-state index contributed by atoms with van der Waals surface area (Å²) in [5.74, 6) is 5.38. The number of carbonyl (C=O) groups is 1. The van der Waals surface area contributed by atoms with Crippen LogP contribution in [0.3, 0.4) is 0 Å². The lowest BCUT2D eigenvalue weighted by Crippen LogP contribution is -1.98. The summed E-state index contributed by atoms with van der Waals surface area (Å²) >= 11 is 0. The summed E-state index contributed by atoms with van der Waals surface area (Å²) in [6, 6.07) is 13.5. The molecule has 0 saturated carbocycles. The molecular weight excluding hydrogens is 279 g/mol. The zero-order valence-electron chi connectivity index (χ0n) is 12.4. The molecule has 2 nitrogen and oxygen atoms in total. The van der Waals surface area contributed by atoms with Gasteiger partial charge in [0, 0.05) is 24.1 Å². The van der Waals surface area contributed by atoms with Crippen molar-refractivity contribution in [2.24, 2.45) is 0 Å². The average molecular weight is 294 g/mol. The molecule has 0 spiro atoms. The zero-order chi connectivity index (χ0) is 15.9. The molecule has 2 rings (SSSR count). The molecule has 0 heterocycles. The summed E-state index contributed by atoms with van der Waals surface area (Å²) in [6.45, 7) is 3.32. The van der Waals surface area contributed by atoms with Crippen molar-refractivity contribution in [2.45, 2.75) is 13.8 Å². The summed E-state index contributed by atoms with van der Waals surface area (Å²) in [6.07, 6.45) is 1.54. The van der Waals surface area contributed by atoms with Crippen LogP contribution in [-0.2, 0) is 9.53 Å². The molecule has 2 aromatic rings. The second-order valence-corrected chi connectivity index (χ2v) is 4.74. The third-order valence-electron chi connectivity index (χ3n) is 2.85. The lowest BCUT2D eigenvalue weighted by Gasteiger charge is -2.06. The average Bonchev–Trinajstić information content (AvgIpc) is 2.49. The quantitative estimate of drug-likeness (QED) is 0.474. The van der Waals surface area contributed by atoms with Crippen LogP contribution in [0.2, 0.25) is 0 Å². The largest absolute Gasteiger partial charge is 0.425 e. The SMILES string of the molecule is CC(=O)O/C(=C\C#Cc1ccc(F)cc1)c1ccc(C)cc1. The summed E-state index contributed by atoms with van der Waals surface area (Å²) in [4.78, 5) is 11.2. The molecule has 0 N–H and O–H groups in total. The summed E-state index contributed by atoms with van der Waals surface area (Å²) in [5, 5.41) is 0. The van der Waals surface area contributed by atoms with Crippen molar-refractivity contribution in [3.05, 3.63) is 77.1 Å². The fourth-order valence-corrected chi connectivity index (χ4v) is 1.76. The number of allylic oxidation sites excluding steroid dienone is 1. The monoisotopic (exact) mass is 294 g/mol. The fraction of sp³-hybridized carbons (Fsp3) is 0.105. The molecule has 0 aliphatic heterocycles. The first kappa shape index (κ1) is 15.5. The molecule has 110 valence electrons. The van der Waals surface area contributed by atoms with Crippen molar-refractivity contribution in [1.29, 1.82) is 0 Å². The highest BCUT2D eigenvalue weighted by molar-refractivity contribution is 5.77. The van der Waals surface area contributed by atoms with Crippen LogP contribution in [0.4, 0.5) is 4.39 Å². The lowest BCUT2D eigenvalue weighted by atomic mass is 10.1. The van der Waals surface area contributed by atoms with Crippen molar-refractivity contribution in [1.82, 2.24) is 0 Å². The maximum Gasteiger partial charge on any atom is 0.308 e. The Morgan fingerprint density at radius 3 is 2.32 bits per heavy atom. The van der Waals surface area contributed by atoms with Crippen LogP contribution in [0.1, 0.15) is 23.6 Å². The van der Waals surface area contributed by atoms with Gasteiger partial charge in [-0.05, 0) is 31.2 Å². The van der Waals surface area contributed by atoms with Crippen LogP contribution in [0, 0.1) is 24.6 Å². The third kappa shape index (κ3) is 4.60. The molecule has 0 atom stereocenters. The molecule has 0 amide bonds. The highest BCUT2D eigenvalue weighted by Crippen LogP contribution is 2.16. The van der Waals surface area contributed by atoms with Gasteiger partial charge in [0.15, 0.2) is 0 Å². The molecule has 0 aromatic heterocycles. The van der Waals surface area contributed by atoms with Gasteiger partial charge in [-0.2, -0.15) is 0 Å². The summed E-state index contributed by atoms with van der Waals surface area (Å²) in [5.41, 5.74) is 2.57. The molecule has 0 aliphatic rings.